The van der Waals surface area contributed by atoms with Crippen molar-refractivity contribution in [3.8, 4) is 0 Å². The van der Waals surface area contributed by atoms with Crippen molar-refractivity contribution in [3.63, 3.8) is 0 Å². The van der Waals surface area contributed by atoms with Crippen LogP contribution >= 0.6 is 11.6 Å². The van der Waals surface area contributed by atoms with Crippen molar-refractivity contribution in [2.45, 2.75) is 26.9 Å². The normalized spacial score (nSPS) is 10.7. The first-order valence-corrected chi connectivity index (χ1v) is 7.62. The lowest BCUT2D eigenvalue weighted by Gasteiger charge is -2.26. The fourth-order valence-corrected chi connectivity index (χ4v) is 2.64. The lowest BCUT2D eigenvalue weighted by molar-refractivity contribution is 0.773. The second kappa shape index (κ2) is 7.43. The van der Waals surface area contributed by atoms with Crippen LogP contribution in [-0.2, 0) is 13.1 Å². The Morgan fingerprint density at radius 2 is 2.05 bits per heavy atom. The first-order valence-electron chi connectivity index (χ1n) is 7.24. The van der Waals surface area contributed by atoms with Crippen LogP contribution in [0.5, 0.6) is 0 Å². The molecule has 1 N–H and O–H groups in total. The molecule has 0 saturated carbocycles. The van der Waals surface area contributed by atoms with E-state index in [9.17, 15) is 0 Å². The fraction of sp³-hybridized carbons (Fsp3) is 0.353. The molecule has 21 heavy (non-hydrogen) atoms. The number of anilines is 1. The predicted octanol–water partition coefficient (Wildman–Crippen LogP) is 3.79. The van der Waals surface area contributed by atoms with Gasteiger partial charge in [-0.2, -0.15) is 0 Å². The van der Waals surface area contributed by atoms with E-state index in [4.69, 9.17) is 11.6 Å². The molecule has 0 aliphatic rings. The summed E-state index contributed by atoms with van der Waals surface area (Å²) in [5, 5.41) is 3.97. The number of hydrogen-bond donors (Lipinski definition) is 1. The average molecular weight is 304 g/mol. The predicted molar refractivity (Wildman–Crippen MR) is 89.9 cm³/mol. The van der Waals surface area contributed by atoms with Crippen molar-refractivity contribution in [1.29, 1.82) is 0 Å². The van der Waals surface area contributed by atoms with E-state index in [1.54, 1.807) is 0 Å². The molecule has 112 valence electrons. The van der Waals surface area contributed by atoms with Gasteiger partial charge in [0.05, 0.1) is 12.2 Å². The minimum absolute atomic E-state index is 0.772. The third kappa shape index (κ3) is 4.19. The molecule has 0 atom stereocenters. The van der Waals surface area contributed by atoms with Crippen LogP contribution < -0.4 is 10.2 Å². The van der Waals surface area contributed by atoms with Gasteiger partial charge in [-0.3, -0.25) is 4.98 Å². The Balaban J connectivity index is 2.28. The van der Waals surface area contributed by atoms with Gasteiger partial charge in [0.1, 0.15) is 0 Å². The van der Waals surface area contributed by atoms with Gasteiger partial charge in [-0.05, 0) is 56.8 Å². The van der Waals surface area contributed by atoms with Crippen LogP contribution in [0.3, 0.4) is 0 Å². The van der Waals surface area contributed by atoms with E-state index in [2.05, 4.69) is 40.3 Å². The van der Waals surface area contributed by atoms with Crippen LogP contribution in [0.4, 0.5) is 5.69 Å². The zero-order chi connectivity index (χ0) is 15.2. The molecular formula is C17H22ClN3. The summed E-state index contributed by atoms with van der Waals surface area (Å²) in [7, 11) is 1.95. The molecule has 2 rings (SSSR count). The minimum atomic E-state index is 0.772. The molecule has 0 unspecified atom stereocenters. The van der Waals surface area contributed by atoms with Gasteiger partial charge < -0.3 is 10.2 Å². The van der Waals surface area contributed by atoms with E-state index in [1.807, 2.05) is 32.2 Å². The quantitative estimate of drug-likeness (QED) is 0.880. The Morgan fingerprint density at radius 3 is 2.71 bits per heavy atom. The number of pyridine rings is 1. The topological polar surface area (TPSA) is 28.2 Å². The van der Waals surface area contributed by atoms with Gasteiger partial charge in [-0.25, -0.2) is 0 Å². The SMILES string of the molecule is CCN(Cc1cccc(C)n1)c1ccc(Cl)cc1CNC. The van der Waals surface area contributed by atoms with E-state index in [1.165, 1.54) is 11.3 Å². The average Bonchev–Trinajstić information content (AvgIpc) is 2.46. The molecule has 0 spiro atoms. The summed E-state index contributed by atoms with van der Waals surface area (Å²) >= 11 is 6.12. The third-order valence-electron chi connectivity index (χ3n) is 3.43. The van der Waals surface area contributed by atoms with Crippen molar-refractivity contribution < 1.29 is 0 Å². The molecule has 4 heteroatoms. The van der Waals surface area contributed by atoms with Crippen LogP contribution in [0.2, 0.25) is 5.02 Å². The summed E-state index contributed by atoms with van der Waals surface area (Å²) in [6.07, 6.45) is 0. The molecular weight excluding hydrogens is 282 g/mol. The van der Waals surface area contributed by atoms with E-state index in [-0.39, 0.29) is 0 Å². The Hall–Kier alpha value is -1.58. The van der Waals surface area contributed by atoms with Gasteiger partial charge >= 0.3 is 0 Å². The molecule has 1 aromatic heterocycles. The van der Waals surface area contributed by atoms with Gasteiger partial charge in [-0.1, -0.05) is 17.7 Å². The standard InChI is InChI=1S/C17H22ClN3/c1-4-21(12-16-7-5-6-13(2)20-16)17-9-8-15(18)10-14(17)11-19-3/h5-10,19H,4,11-12H2,1-3H3. The maximum Gasteiger partial charge on any atom is 0.0602 e. The van der Waals surface area contributed by atoms with Crippen molar-refractivity contribution >= 4 is 17.3 Å². The number of aryl methyl sites for hydroxylation is 1. The molecule has 0 saturated heterocycles. The lowest BCUT2D eigenvalue weighted by atomic mass is 10.1. The molecule has 0 fully saturated rings. The summed E-state index contributed by atoms with van der Waals surface area (Å²) in [6.45, 7) is 6.71. The molecule has 0 amide bonds. The number of nitrogens with one attached hydrogen (secondary N) is 1. The van der Waals surface area contributed by atoms with Crippen LogP contribution in [0.15, 0.2) is 36.4 Å². The largest absolute Gasteiger partial charge is 0.366 e. The molecule has 0 bridgehead atoms. The summed E-state index contributed by atoms with van der Waals surface area (Å²) in [6, 6.07) is 12.2. The van der Waals surface area contributed by atoms with Crippen molar-refractivity contribution in [3.05, 3.63) is 58.4 Å². The molecule has 1 heterocycles. The van der Waals surface area contributed by atoms with Crippen LogP contribution in [0.1, 0.15) is 23.9 Å². The van der Waals surface area contributed by atoms with E-state index in [0.717, 1.165) is 36.0 Å². The Morgan fingerprint density at radius 1 is 1.24 bits per heavy atom. The first kappa shape index (κ1) is 15.8. The van der Waals surface area contributed by atoms with Gasteiger partial charge in [0.2, 0.25) is 0 Å². The molecule has 0 aliphatic carbocycles. The van der Waals surface area contributed by atoms with Gasteiger partial charge in [-0.15, -0.1) is 0 Å². The first-order chi connectivity index (χ1) is 10.1. The van der Waals surface area contributed by atoms with E-state index in [0.29, 0.717) is 0 Å². The van der Waals surface area contributed by atoms with E-state index < -0.39 is 0 Å². The highest BCUT2D eigenvalue weighted by atomic mass is 35.5. The maximum atomic E-state index is 6.12. The number of aromatic nitrogens is 1. The second-order valence-corrected chi connectivity index (χ2v) is 5.52. The Bertz CT molecular complexity index is 598. The monoisotopic (exact) mass is 303 g/mol. The van der Waals surface area contributed by atoms with Crippen molar-refractivity contribution in [1.82, 2.24) is 10.3 Å². The third-order valence-corrected chi connectivity index (χ3v) is 3.67. The van der Waals surface area contributed by atoms with Crippen molar-refractivity contribution in [2.75, 3.05) is 18.5 Å². The zero-order valence-corrected chi connectivity index (χ0v) is 13.6. The highest BCUT2D eigenvalue weighted by Crippen LogP contribution is 2.25. The number of halogens is 1. The Labute approximate surface area is 132 Å². The zero-order valence-electron chi connectivity index (χ0n) is 12.9. The number of nitrogens with zero attached hydrogens (tertiary/aromatic N) is 2. The number of hydrogen-bond acceptors (Lipinski definition) is 3. The summed E-state index contributed by atoms with van der Waals surface area (Å²) in [5.74, 6) is 0. The van der Waals surface area contributed by atoms with Gasteiger partial charge in [0.25, 0.3) is 0 Å². The number of rotatable bonds is 6. The summed E-state index contributed by atoms with van der Waals surface area (Å²) in [5.41, 5.74) is 4.55. The second-order valence-electron chi connectivity index (χ2n) is 5.09. The maximum absolute atomic E-state index is 6.12. The van der Waals surface area contributed by atoms with Crippen LogP contribution in [0, 0.1) is 6.92 Å². The number of benzene rings is 1. The van der Waals surface area contributed by atoms with E-state index >= 15 is 0 Å². The highest BCUT2D eigenvalue weighted by Gasteiger charge is 2.11. The van der Waals surface area contributed by atoms with Gasteiger partial charge in [0.15, 0.2) is 0 Å². The molecule has 0 aliphatic heterocycles. The van der Waals surface area contributed by atoms with Crippen LogP contribution in [0.25, 0.3) is 0 Å². The molecule has 0 radical (unpaired) electrons. The van der Waals surface area contributed by atoms with Crippen molar-refractivity contribution in [2.24, 2.45) is 0 Å². The molecule has 2 aromatic rings. The van der Waals surface area contributed by atoms with Gasteiger partial charge in [0, 0.05) is 29.5 Å². The smallest absolute Gasteiger partial charge is 0.0602 e. The molecule has 3 nitrogen and oxygen atoms in total. The fourth-order valence-electron chi connectivity index (χ4n) is 2.45. The minimum Gasteiger partial charge on any atom is -0.366 e. The highest BCUT2D eigenvalue weighted by molar-refractivity contribution is 6.30. The Kier molecular flexibility index (Phi) is 5.59. The van der Waals surface area contributed by atoms with Crippen LogP contribution in [-0.4, -0.2) is 18.6 Å². The summed E-state index contributed by atoms with van der Waals surface area (Å²) in [4.78, 5) is 6.92. The molecule has 1 aromatic carbocycles. The lowest BCUT2D eigenvalue weighted by Crippen LogP contribution is -2.24. The summed E-state index contributed by atoms with van der Waals surface area (Å²) < 4.78 is 0.